The van der Waals surface area contributed by atoms with Gasteiger partial charge in [0.25, 0.3) is 0 Å². The van der Waals surface area contributed by atoms with Crippen molar-refractivity contribution in [2.24, 2.45) is 11.5 Å². The van der Waals surface area contributed by atoms with Crippen molar-refractivity contribution in [2.75, 3.05) is 20.2 Å². The fourth-order valence-corrected chi connectivity index (χ4v) is 3.90. The van der Waals surface area contributed by atoms with Gasteiger partial charge in [0.2, 0.25) is 6.41 Å². The topological polar surface area (TPSA) is 118 Å². The van der Waals surface area contributed by atoms with Gasteiger partial charge in [0.15, 0.2) is 0 Å². The fourth-order valence-electron chi connectivity index (χ4n) is 3.90. The smallest absolute Gasteiger partial charge is 0.210 e. The second kappa shape index (κ2) is 9.91. The molecule has 0 saturated heterocycles. The van der Waals surface area contributed by atoms with Crippen molar-refractivity contribution in [3.05, 3.63) is 53.5 Å². The van der Waals surface area contributed by atoms with Crippen molar-refractivity contribution in [2.45, 2.75) is 32.0 Å². The number of nitrogens with one attached hydrogen (secondary N) is 1. The Labute approximate surface area is 180 Å². The zero-order valence-corrected chi connectivity index (χ0v) is 17.8. The van der Waals surface area contributed by atoms with Crippen LogP contribution in [0.5, 0.6) is 5.75 Å². The molecule has 3 aromatic rings. The van der Waals surface area contributed by atoms with E-state index >= 15 is 0 Å². The molecular weight excluding hydrogens is 399 g/mol. The van der Waals surface area contributed by atoms with Crippen LogP contribution in [0, 0.1) is 12.7 Å². The molecule has 2 unspecified atom stereocenters. The van der Waals surface area contributed by atoms with Crippen LogP contribution in [0.1, 0.15) is 17.7 Å². The molecule has 2 atom stereocenters. The van der Waals surface area contributed by atoms with Gasteiger partial charge in [0, 0.05) is 47.8 Å². The van der Waals surface area contributed by atoms with Crippen molar-refractivity contribution in [1.29, 1.82) is 0 Å². The third-order valence-corrected chi connectivity index (χ3v) is 5.37. The maximum absolute atomic E-state index is 14.0. The van der Waals surface area contributed by atoms with Gasteiger partial charge in [0.1, 0.15) is 11.6 Å². The molecule has 0 aliphatic heterocycles. The molecule has 0 spiro atoms. The molecule has 0 aliphatic rings. The number of carbonyl (C=O) groups excluding carboxylic acids is 1. The summed E-state index contributed by atoms with van der Waals surface area (Å²) in [4.78, 5) is 16.6. The predicted molar refractivity (Wildman–Crippen MR) is 119 cm³/mol. The molecule has 3 rings (SSSR count). The van der Waals surface area contributed by atoms with Gasteiger partial charge in [-0.05, 0) is 54.8 Å². The number of halogens is 1. The number of aryl methyl sites for hydroxylation is 1. The van der Waals surface area contributed by atoms with Crippen molar-refractivity contribution >= 4 is 17.3 Å². The molecule has 1 amide bonds. The van der Waals surface area contributed by atoms with Gasteiger partial charge in [-0.3, -0.25) is 4.79 Å². The number of carbonyl (C=O) groups is 1. The number of aromatic nitrogens is 1. The third kappa shape index (κ3) is 5.22. The average molecular weight is 429 g/mol. The van der Waals surface area contributed by atoms with E-state index in [-0.39, 0.29) is 25.5 Å². The average Bonchev–Trinajstić information content (AvgIpc) is 3.07. The Hall–Kier alpha value is -2.94. The Morgan fingerprint density at radius 1 is 1.29 bits per heavy atom. The van der Waals surface area contributed by atoms with Crippen molar-refractivity contribution in [3.63, 3.8) is 0 Å². The largest absolute Gasteiger partial charge is 0.497 e. The van der Waals surface area contributed by atoms with Crippen LogP contribution in [-0.2, 0) is 11.3 Å². The van der Waals surface area contributed by atoms with Gasteiger partial charge in [-0.1, -0.05) is 6.07 Å². The number of amides is 1. The number of aliphatic hydroxyl groups is 1. The number of fused-ring (bicyclic) bond motifs is 1. The standard InChI is InChI=1S/C23H29FN4O3/c1-14-23(21-8-16(24)3-6-22(21)27-14)20-5-4-19(31-2)7-15(20)11-28(13-29)12-17(26)9-18(30)10-25/h3-8,13,17-18,27,30H,9-12,25-26H2,1-2H3. The maximum Gasteiger partial charge on any atom is 0.210 e. The van der Waals surface area contributed by atoms with E-state index in [1.54, 1.807) is 18.1 Å². The SMILES string of the molecule is COc1ccc(-c2c(C)[nH]c3ccc(F)cc23)c(CN(C=O)CC(N)CC(O)CN)c1. The zero-order chi connectivity index (χ0) is 22.5. The molecule has 1 aromatic heterocycles. The molecule has 0 saturated carbocycles. The highest BCUT2D eigenvalue weighted by atomic mass is 19.1. The summed E-state index contributed by atoms with van der Waals surface area (Å²) in [6.07, 6.45) is 0.325. The lowest BCUT2D eigenvalue weighted by molar-refractivity contribution is -0.119. The molecule has 2 aromatic carbocycles. The molecule has 1 heterocycles. The lowest BCUT2D eigenvalue weighted by Crippen LogP contribution is -2.40. The van der Waals surface area contributed by atoms with Crippen LogP contribution >= 0.6 is 0 Å². The summed E-state index contributed by atoms with van der Waals surface area (Å²) in [6.45, 7) is 2.59. The number of hydrogen-bond donors (Lipinski definition) is 4. The van der Waals surface area contributed by atoms with E-state index in [9.17, 15) is 14.3 Å². The molecule has 0 aliphatic carbocycles. The number of nitrogens with two attached hydrogens (primary N) is 2. The van der Waals surface area contributed by atoms with E-state index in [0.29, 0.717) is 12.2 Å². The Morgan fingerprint density at radius 2 is 2.06 bits per heavy atom. The minimum absolute atomic E-state index is 0.116. The lowest BCUT2D eigenvalue weighted by atomic mass is 9.96. The summed E-state index contributed by atoms with van der Waals surface area (Å²) in [5.74, 6) is 0.331. The first kappa shape index (κ1) is 22.7. The predicted octanol–water partition coefficient (Wildman–Crippen LogP) is 2.29. The number of benzene rings is 2. The van der Waals surface area contributed by atoms with Crippen molar-refractivity contribution < 1.29 is 19.0 Å². The summed E-state index contributed by atoms with van der Waals surface area (Å²) < 4.78 is 19.4. The molecule has 0 bridgehead atoms. The Kier molecular flexibility index (Phi) is 7.27. The number of rotatable bonds is 10. The van der Waals surface area contributed by atoms with Gasteiger partial charge in [-0.15, -0.1) is 0 Å². The molecular formula is C23H29FN4O3. The number of H-pyrrole nitrogens is 1. The minimum atomic E-state index is -0.709. The van der Waals surface area contributed by atoms with Crippen LogP contribution in [-0.4, -0.2) is 53.7 Å². The molecule has 0 radical (unpaired) electrons. The number of methoxy groups -OCH3 is 1. The highest BCUT2D eigenvalue weighted by molar-refractivity contribution is 5.98. The zero-order valence-electron chi connectivity index (χ0n) is 17.8. The van der Waals surface area contributed by atoms with Gasteiger partial charge in [0.05, 0.1) is 13.2 Å². The number of ether oxygens (including phenoxy) is 1. The lowest BCUT2D eigenvalue weighted by Gasteiger charge is -2.24. The minimum Gasteiger partial charge on any atom is -0.497 e. The van der Waals surface area contributed by atoms with E-state index in [4.69, 9.17) is 16.2 Å². The molecule has 0 fully saturated rings. The Bertz CT molecular complexity index is 1050. The summed E-state index contributed by atoms with van der Waals surface area (Å²) in [5, 5.41) is 10.5. The van der Waals surface area contributed by atoms with Crippen molar-refractivity contribution in [1.82, 2.24) is 9.88 Å². The molecule has 31 heavy (non-hydrogen) atoms. The van der Waals surface area contributed by atoms with Crippen LogP contribution in [0.2, 0.25) is 0 Å². The summed E-state index contributed by atoms with van der Waals surface area (Å²) in [7, 11) is 1.58. The van der Waals surface area contributed by atoms with E-state index < -0.39 is 12.1 Å². The first-order chi connectivity index (χ1) is 14.9. The number of nitrogens with zero attached hydrogens (tertiary/aromatic N) is 1. The van der Waals surface area contributed by atoms with Crippen LogP contribution in [0.25, 0.3) is 22.0 Å². The highest BCUT2D eigenvalue weighted by Gasteiger charge is 2.19. The normalized spacial score (nSPS) is 13.2. The maximum atomic E-state index is 14.0. The van der Waals surface area contributed by atoms with Crippen LogP contribution in [0.4, 0.5) is 4.39 Å². The molecule has 6 N–H and O–H groups in total. The Balaban J connectivity index is 1.98. The van der Waals surface area contributed by atoms with Crippen LogP contribution in [0.3, 0.4) is 0 Å². The van der Waals surface area contributed by atoms with Gasteiger partial charge < -0.3 is 31.2 Å². The first-order valence-corrected chi connectivity index (χ1v) is 10.1. The summed E-state index contributed by atoms with van der Waals surface area (Å²) in [5.41, 5.74) is 15.9. The second-order valence-electron chi connectivity index (χ2n) is 7.76. The van der Waals surface area contributed by atoms with Crippen molar-refractivity contribution in [3.8, 4) is 16.9 Å². The second-order valence-corrected chi connectivity index (χ2v) is 7.76. The van der Waals surface area contributed by atoms with Crippen LogP contribution < -0.4 is 16.2 Å². The summed E-state index contributed by atoms with van der Waals surface area (Å²) >= 11 is 0. The van der Waals surface area contributed by atoms with Gasteiger partial charge in [-0.25, -0.2) is 4.39 Å². The van der Waals surface area contributed by atoms with E-state index in [1.807, 2.05) is 25.1 Å². The van der Waals surface area contributed by atoms with E-state index in [1.165, 1.54) is 12.1 Å². The quantitative estimate of drug-likeness (QED) is 0.370. The molecule has 8 heteroatoms. The monoisotopic (exact) mass is 428 g/mol. The first-order valence-electron chi connectivity index (χ1n) is 10.1. The number of hydrogen-bond acceptors (Lipinski definition) is 5. The summed E-state index contributed by atoms with van der Waals surface area (Å²) in [6, 6.07) is 9.84. The van der Waals surface area contributed by atoms with Crippen LogP contribution in [0.15, 0.2) is 36.4 Å². The Morgan fingerprint density at radius 3 is 2.74 bits per heavy atom. The van der Waals surface area contributed by atoms with Gasteiger partial charge >= 0.3 is 0 Å². The number of aromatic amines is 1. The third-order valence-electron chi connectivity index (χ3n) is 5.37. The highest BCUT2D eigenvalue weighted by Crippen LogP contribution is 2.36. The van der Waals surface area contributed by atoms with E-state index in [2.05, 4.69) is 4.98 Å². The number of aliphatic hydroxyl groups excluding tert-OH is 1. The molecule has 166 valence electrons. The van der Waals surface area contributed by atoms with Gasteiger partial charge in [-0.2, -0.15) is 0 Å². The molecule has 7 nitrogen and oxygen atoms in total. The van der Waals surface area contributed by atoms with E-state index in [0.717, 1.165) is 39.7 Å². The fraction of sp³-hybridized carbons (Fsp3) is 0.348.